The molecule has 4 aliphatic carbocycles. The van der Waals surface area contributed by atoms with E-state index in [1.807, 2.05) is 36.1 Å². The molecule has 31 heavy (non-hydrogen) atoms. The second kappa shape index (κ2) is 8.48. The molecule has 0 spiro atoms. The second-order valence-corrected chi connectivity index (χ2v) is 10.9. The van der Waals surface area contributed by atoms with Crippen LogP contribution in [-0.4, -0.2) is 42.5 Å². The van der Waals surface area contributed by atoms with E-state index < -0.39 is 0 Å². The van der Waals surface area contributed by atoms with Crippen molar-refractivity contribution in [2.24, 2.45) is 23.2 Å². The van der Waals surface area contributed by atoms with E-state index in [1.54, 1.807) is 0 Å². The molecule has 0 atom stereocenters. The molecule has 4 bridgehead atoms. The van der Waals surface area contributed by atoms with Crippen LogP contribution in [0.2, 0.25) is 0 Å². The van der Waals surface area contributed by atoms with E-state index in [0.29, 0.717) is 18.5 Å². The monoisotopic (exact) mass is 424 g/mol. The number of likely N-dealkylation sites (tertiary alicyclic amines) is 1. The van der Waals surface area contributed by atoms with E-state index in [-0.39, 0.29) is 24.5 Å². The van der Waals surface area contributed by atoms with Crippen molar-refractivity contribution in [3.8, 4) is 5.75 Å². The topological polar surface area (TPSA) is 58.6 Å². The number of hydrogen-bond donors (Lipinski definition) is 1. The van der Waals surface area contributed by atoms with Crippen LogP contribution in [0, 0.1) is 30.1 Å². The Balaban J connectivity index is 1.05. The van der Waals surface area contributed by atoms with E-state index in [0.717, 1.165) is 42.8 Å². The minimum Gasteiger partial charge on any atom is -0.484 e. The summed E-state index contributed by atoms with van der Waals surface area (Å²) in [6.45, 7) is 3.49. The van der Waals surface area contributed by atoms with Crippen LogP contribution in [0.25, 0.3) is 0 Å². The number of benzene rings is 1. The van der Waals surface area contributed by atoms with E-state index >= 15 is 0 Å². The van der Waals surface area contributed by atoms with Gasteiger partial charge in [0.15, 0.2) is 6.61 Å². The Bertz CT molecular complexity index is 775. The van der Waals surface area contributed by atoms with Gasteiger partial charge in [-0.25, -0.2) is 0 Å². The molecule has 5 nitrogen and oxygen atoms in total. The predicted octanol–water partition coefficient (Wildman–Crippen LogP) is 4.09. The molecule has 1 aromatic rings. The lowest BCUT2D eigenvalue weighted by Crippen LogP contribution is -2.50. The molecule has 0 radical (unpaired) electrons. The van der Waals surface area contributed by atoms with Crippen LogP contribution < -0.4 is 10.1 Å². The number of carbonyl (C=O) groups is 2. The van der Waals surface area contributed by atoms with Crippen LogP contribution in [0.5, 0.6) is 5.75 Å². The summed E-state index contributed by atoms with van der Waals surface area (Å²) in [6, 6.07) is 7.96. The van der Waals surface area contributed by atoms with Gasteiger partial charge in [0.1, 0.15) is 5.75 Å². The maximum Gasteiger partial charge on any atom is 0.260 e. The average molecular weight is 425 g/mol. The van der Waals surface area contributed by atoms with Gasteiger partial charge in [-0.1, -0.05) is 17.7 Å². The Morgan fingerprint density at radius 3 is 2.16 bits per heavy atom. The van der Waals surface area contributed by atoms with Crippen molar-refractivity contribution in [2.75, 3.05) is 19.7 Å². The smallest absolute Gasteiger partial charge is 0.260 e. The number of carbonyl (C=O) groups excluding carboxylic acids is 2. The molecule has 1 N–H and O–H groups in total. The summed E-state index contributed by atoms with van der Waals surface area (Å²) in [7, 11) is 0. The van der Waals surface area contributed by atoms with E-state index in [2.05, 4.69) is 5.32 Å². The summed E-state index contributed by atoms with van der Waals surface area (Å²) in [6.07, 6.45) is 10.5. The number of piperidine rings is 1. The van der Waals surface area contributed by atoms with Crippen LogP contribution in [0.4, 0.5) is 0 Å². The first-order chi connectivity index (χ1) is 15.0. The van der Waals surface area contributed by atoms with Crippen molar-refractivity contribution < 1.29 is 14.3 Å². The molecule has 1 heterocycles. The summed E-state index contributed by atoms with van der Waals surface area (Å²) in [5.74, 6) is 3.65. The molecular weight excluding hydrogens is 388 g/mol. The fraction of sp³-hybridized carbons (Fsp3) is 0.692. The Kier molecular flexibility index (Phi) is 5.70. The molecule has 0 aromatic heterocycles. The highest BCUT2D eigenvalue weighted by atomic mass is 16.5. The maximum absolute atomic E-state index is 12.9. The molecule has 5 fully saturated rings. The first-order valence-electron chi connectivity index (χ1n) is 12.2. The SMILES string of the molecule is Cc1ccc(OCC(=O)N2CCC(NC(=O)CC34CC5CC(CC(C5)C3)C4)CC2)cc1. The Morgan fingerprint density at radius 2 is 1.58 bits per heavy atom. The second-order valence-electron chi connectivity index (χ2n) is 10.9. The third kappa shape index (κ3) is 4.75. The van der Waals surface area contributed by atoms with E-state index in [9.17, 15) is 9.59 Å². The van der Waals surface area contributed by atoms with Gasteiger partial charge >= 0.3 is 0 Å². The molecule has 5 aliphatic rings. The van der Waals surface area contributed by atoms with Crippen molar-refractivity contribution in [3.05, 3.63) is 29.8 Å². The zero-order chi connectivity index (χ0) is 21.4. The first-order valence-corrected chi connectivity index (χ1v) is 12.2. The van der Waals surface area contributed by atoms with Crippen LogP contribution in [0.3, 0.4) is 0 Å². The van der Waals surface area contributed by atoms with Gasteiger partial charge in [0, 0.05) is 25.6 Å². The highest BCUT2D eigenvalue weighted by Crippen LogP contribution is 2.61. The van der Waals surface area contributed by atoms with Crippen molar-refractivity contribution in [1.29, 1.82) is 0 Å². The number of amides is 2. The molecule has 5 heteroatoms. The zero-order valence-corrected chi connectivity index (χ0v) is 18.8. The number of nitrogens with one attached hydrogen (secondary N) is 1. The lowest BCUT2D eigenvalue weighted by atomic mass is 9.49. The predicted molar refractivity (Wildman–Crippen MR) is 120 cm³/mol. The lowest BCUT2D eigenvalue weighted by Gasteiger charge is -2.56. The molecule has 0 unspecified atom stereocenters. The third-order valence-corrected chi connectivity index (χ3v) is 8.30. The van der Waals surface area contributed by atoms with Crippen LogP contribution in [0.15, 0.2) is 24.3 Å². The summed E-state index contributed by atoms with van der Waals surface area (Å²) < 4.78 is 5.64. The highest BCUT2D eigenvalue weighted by molar-refractivity contribution is 5.78. The summed E-state index contributed by atoms with van der Waals surface area (Å²) >= 11 is 0. The molecule has 6 rings (SSSR count). The minimum absolute atomic E-state index is 0.0268. The quantitative estimate of drug-likeness (QED) is 0.748. The summed E-state index contributed by atoms with van der Waals surface area (Å²) in [5, 5.41) is 3.31. The number of aryl methyl sites for hydroxylation is 1. The lowest BCUT2D eigenvalue weighted by molar-refractivity contribution is -0.134. The van der Waals surface area contributed by atoms with Gasteiger partial charge in [0.25, 0.3) is 5.91 Å². The third-order valence-electron chi connectivity index (χ3n) is 8.30. The normalized spacial score (nSPS) is 32.2. The Morgan fingerprint density at radius 1 is 1.00 bits per heavy atom. The molecule has 2 amide bonds. The van der Waals surface area contributed by atoms with Gasteiger partial charge < -0.3 is 15.0 Å². The van der Waals surface area contributed by atoms with Gasteiger partial charge in [-0.15, -0.1) is 0 Å². The number of nitrogens with zero attached hydrogens (tertiary/aromatic N) is 1. The molecule has 1 aliphatic heterocycles. The van der Waals surface area contributed by atoms with Crippen LogP contribution in [0.1, 0.15) is 63.4 Å². The van der Waals surface area contributed by atoms with E-state index in [1.165, 1.54) is 44.1 Å². The molecule has 1 aromatic carbocycles. The first kappa shape index (κ1) is 20.8. The van der Waals surface area contributed by atoms with Gasteiger partial charge in [-0.3, -0.25) is 9.59 Å². The largest absolute Gasteiger partial charge is 0.484 e. The fourth-order valence-corrected chi connectivity index (χ4v) is 7.27. The van der Waals surface area contributed by atoms with Crippen LogP contribution in [-0.2, 0) is 9.59 Å². The minimum atomic E-state index is 0.0268. The maximum atomic E-state index is 12.9. The Labute approximate surface area is 185 Å². The molecule has 168 valence electrons. The average Bonchev–Trinajstić information content (AvgIpc) is 2.72. The molecule has 1 saturated heterocycles. The highest BCUT2D eigenvalue weighted by Gasteiger charge is 2.51. The van der Waals surface area contributed by atoms with Crippen LogP contribution >= 0.6 is 0 Å². The van der Waals surface area contributed by atoms with Crippen molar-refractivity contribution in [2.45, 2.75) is 70.8 Å². The fourth-order valence-electron chi connectivity index (χ4n) is 7.27. The standard InChI is InChI=1S/C26H36N2O3/c1-18-2-4-23(5-3-18)31-17-25(30)28-8-6-22(7-9-28)27-24(29)16-26-13-19-10-20(14-26)12-21(11-19)15-26/h2-5,19-22H,6-17H2,1H3,(H,27,29). The van der Waals surface area contributed by atoms with Crippen molar-refractivity contribution >= 4 is 11.8 Å². The number of hydrogen-bond acceptors (Lipinski definition) is 3. The number of rotatable bonds is 6. The summed E-state index contributed by atoms with van der Waals surface area (Å²) in [4.78, 5) is 27.3. The van der Waals surface area contributed by atoms with Gasteiger partial charge in [-0.05, 0) is 93.6 Å². The van der Waals surface area contributed by atoms with Gasteiger partial charge in [-0.2, -0.15) is 0 Å². The van der Waals surface area contributed by atoms with Crippen molar-refractivity contribution in [3.63, 3.8) is 0 Å². The number of ether oxygens (including phenoxy) is 1. The van der Waals surface area contributed by atoms with Gasteiger partial charge in [0.2, 0.25) is 5.91 Å². The summed E-state index contributed by atoms with van der Waals surface area (Å²) in [5.41, 5.74) is 1.47. The van der Waals surface area contributed by atoms with E-state index in [4.69, 9.17) is 4.74 Å². The molecule has 4 saturated carbocycles. The zero-order valence-electron chi connectivity index (χ0n) is 18.8. The van der Waals surface area contributed by atoms with Gasteiger partial charge in [0.05, 0.1) is 0 Å². The Hall–Kier alpha value is -2.04. The molecular formula is C26H36N2O3. The van der Waals surface area contributed by atoms with Crippen molar-refractivity contribution in [1.82, 2.24) is 10.2 Å².